The van der Waals surface area contributed by atoms with E-state index in [9.17, 15) is 0 Å². The van der Waals surface area contributed by atoms with Crippen molar-refractivity contribution in [3.05, 3.63) is 24.2 Å². The van der Waals surface area contributed by atoms with Gasteiger partial charge >= 0.3 is 0 Å². The minimum absolute atomic E-state index is 0.619. The maximum absolute atomic E-state index is 5.70. The van der Waals surface area contributed by atoms with Gasteiger partial charge in [0, 0.05) is 5.92 Å². The SMILES string of the molecule is CCC1CCC(CNCC(C)C)C(c2ccco2)C1. The fourth-order valence-corrected chi connectivity index (χ4v) is 3.34. The predicted molar refractivity (Wildman–Crippen MR) is 80.3 cm³/mol. The van der Waals surface area contributed by atoms with Gasteiger partial charge in [0.1, 0.15) is 5.76 Å². The molecule has 1 aliphatic carbocycles. The Morgan fingerprint density at radius 1 is 1.37 bits per heavy atom. The molecule has 0 radical (unpaired) electrons. The average molecular weight is 263 g/mol. The van der Waals surface area contributed by atoms with E-state index in [2.05, 4.69) is 32.2 Å². The molecule has 0 bridgehead atoms. The summed E-state index contributed by atoms with van der Waals surface area (Å²) in [7, 11) is 0. The summed E-state index contributed by atoms with van der Waals surface area (Å²) in [5, 5.41) is 3.64. The first kappa shape index (κ1) is 14.6. The molecule has 19 heavy (non-hydrogen) atoms. The zero-order valence-electron chi connectivity index (χ0n) is 12.7. The van der Waals surface area contributed by atoms with E-state index in [4.69, 9.17) is 4.42 Å². The van der Waals surface area contributed by atoms with Gasteiger partial charge in [-0.25, -0.2) is 0 Å². The molecule has 2 heteroatoms. The third-order valence-electron chi connectivity index (χ3n) is 4.55. The molecule has 3 atom stereocenters. The van der Waals surface area contributed by atoms with Crippen LogP contribution in [-0.4, -0.2) is 13.1 Å². The Labute approximate surface area is 118 Å². The Hall–Kier alpha value is -0.760. The minimum Gasteiger partial charge on any atom is -0.469 e. The Morgan fingerprint density at radius 3 is 2.84 bits per heavy atom. The van der Waals surface area contributed by atoms with E-state index in [1.807, 2.05) is 12.3 Å². The molecule has 1 aromatic heterocycles. The Kier molecular flexibility index (Phi) is 5.50. The Morgan fingerprint density at radius 2 is 2.21 bits per heavy atom. The van der Waals surface area contributed by atoms with Crippen LogP contribution in [0.5, 0.6) is 0 Å². The van der Waals surface area contributed by atoms with Crippen molar-refractivity contribution < 1.29 is 4.42 Å². The molecule has 1 heterocycles. The summed E-state index contributed by atoms with van der Waals surface area (Å²) in [6.45, 7) is 9.12. The second-order valence-corrected chi connectivity index (χ2v) is 6.52. The highest BCUT2D eigenvalue weighted by Gasteiger charge is 2.32. The van der Waals surface area contributed by atoms with E-state index < -0.39 is 0 Å². The molecule has 0 aromatic carbocycles. The average Bonchev–Trinajstić information content (AvgIpc) is 2.92. The van der Waals surface area contributed by atoms with Crippen LogP contribution in [0.3, 0.4) is 0 Å². The summed E-state index contributed by atoms with van der Waals surface area (Å²) < 4.78 is 5.70. The highest BCUT2D eigenvalue weighted by Crippen LogP contribution is 2.41. The van der Waals surface area contributed by atoms with Crippen molar-refractivity contribution in [1.82, 2.24) is 5.32 Å². The number of hydrogen-bond donors (Lipinski definition) is 1. The molecule has 0 aliphatic heterocycles. The second-order valence-electron chi connectivity index (χ2n) is 6.52. The molecule has 0 amide bonds. The molecule has 108 valence electrons. The van der Waals surface area contributed by atoms with Crippen molar-refractivity contribution in [3.63, 3.8) is 0 Å². The van der Waals surface area contributed by atoms with Crippen LogP contribution in [0.15, 0.2) is 22.8 Å². The summed E-state index contributed by atoms with van der Waals surface area (Å²) in [5.74, 6) is 4.18. The van der Waals surface area contributed by atoms with Crippen molar-refractivity contribution >= 4 is 0 Å². The van der Waals surface area contributed by atoms with Crippen molar-refractivity contribution in [1.29, 1.82) is 0 Å². The highest BCUT2D eigenvalue weighted by molar-refractivity contribution is 5.09. The van der Waals surface area contributed by atoms with Crippen molar-refractivity contribution in [2.75, 3.05) is 13.1 Å². The molecular weight excluding hydrogens is 234 g/mol. The molecule has 2 nitrogen and oxygen atoms in total. The first-order valence-electron chi connectivity index (χ1n) is 7.94. The van der Waals surface area contributed by atoms with Gasteiger partial charge in [-0.1, -0.05) is 33.6 Å². The third kappa shape index (κ3) is 4.10. The highest BCUT2D eigenvalue weighted by atomic mass is 16.3. The van der Waals surface area contributed by atoms with Crippen LogP contribution >= 0.6 is 0 Å². The second kappa shape index (κ2) is 7.14. The van der Waals surface area contributed by atoms with Gasteiger partial charge in [0.05, 0.1) is 6.26 Å². The maximum atomic E-state index is 5.70. The lowest BCUT2D eigenvalue weighted by Crippen LogP contribution is -2.33. The van der Waals surface area contributed by atoms with Gasteiger partial charge in [-0.2, -0.15) is 0 Å². The smallest absolute Gasteiger partial charge is 0.107 e. The largest absolute Gasteiger partial charge is 0.469 e. The maximum Gasteiger partial charge on any atom is 0.107 e. The van der Waals surface area contributed by atoms with Crippen molar-refractivity contribution in [3.8, 4) is 0 Å². The van der Waals surface area contributed by atoms with Gasteiger partial charge in [-0.15, -0.1) is 0 Å². The van der Waals surface area contributed by atoms with Gasteiger partial charge in [-0.3, -0.25) is 0 Å². The van der Waals surface area contributed by atoms with Crippen molar-refractivity contribution in [2.24, 2.45) is 17.8 Å². The molecule has 3 unspecified atom stereocenters. The van der Waals surface area contributed by atoms with Gasteiger partial charge in [0.2, 0.25) is 0 Å². The molecular formula is C17H29NO. The topological polar surface area (TPSA) is 25.2 Å². The molecule has 1 N–H and O–H groups in total. The lowest BCUT2D eigenvalue weighted by atomic mass is 9.72. The number of nitrogens with one attached hydrogen (secondary N) is 1. The summed E-state index contributed by atoms with van der Waals surface area (Å²) in [6.07, 6.45) is 7.17. The first-order chi connectivity index (χ1) is 9.20. The Balaban J connectivity index is 1.95. The molecule has 1 aliphatic rings. The van der Waals surface area contributed by atoms with E-state index >= 15 is 0 Å². The van der Waals surface area contributed by atoms with E-state index in [1.54, 1.807) is 0 Å². The van der Waals surface area contributed by atoms with E-state index in [-0.39, 0.29) is 0 Å². The standard InChI is InChI=1S/C17H29NO/c1-4-14-7-8-15(12-18-11-13(2)3)16(10-14)17-6-5-9-19-17/h5-6,9,13-16,18H,4,7-8,10-12H2,1-3H3. The lowest BCUT2D eigenvalue weighted by molar-refractivity contribution is 0.204. The molecule has 1 aromatic rings. The molecule has 2 rings (SSSR count). The van der Waals surface area contributed by atoms with Gasteiger partial charge in [-0.05, 0) is 55.8 Å². The van der Waals surface area contributed by atoms with Gasteiger partial charge < -0.3 is 9.73 Å². The third-order valence-corrected chi connectivity index (χ3v) is 4.55. The van der Waals surface area contributed by atoms with E-state index in [0.29, 0.717) is 5.92 Å². The first-order valence-corrected chi connectivity index (χ1v) is 7.94. The number of rotatable bonds is 6. The summed E-state index contributed by atoms with van der Waals surface area (Å²) in [6, 6.07) is 4.20. The predicted octanol–water partition coefficient (Wildman–Crippen LogP) is 4.44. The zero-order chi connectivity index (χ0) is 13.7. The number of hydrogen-bond acceptors (Lipinski definition) is 2. The van der Waals surface area contributed by atoms with Crippen LogP contribution in [-0.2, 0) is 0 Å². The fraction of sp³-hybridized carbons (Fsp3) is 0.765. The van der Waals surface area contributed by atoms with E-state index in [1.165, 1.54) is 31.4 Å². The van der Waals surface area contributed by atoms with E-state index in [0.717, 1.165) is 30.8 Å². The van der Waals surface area contributed by atoms with Crippen LogP contribution in [0.2, 0.25) is 0 Å². The van der Waals surface area contributed by atoms with Crippen LogP contribution < -0.4 is 5.32 Å². The van der Waals surface area contributed by atoms with Crippen molar-refractivity contribution in [2.45, 2.75) is 52.4 Å². The molecule has 0 saturated heterocycles. The normalized spacial score (nSPS) is 27.9. The van der Waals surface area contributed by atoms with Crippen LogP contribution in [0.25, 0.3) is 0 Å². The Bertz CT molecular complexity index is 344. The summed E-state index contributed by atoms with van der Waals surface area (Å²) in [4.78, 5) is 0. The van der Waals surface area contributed by atoms with Crippen LogP contribution in [0.1, 0.15) is 58.1 Å². The monoisotopic (exact) mass is 263 g/mol. The minimum atomic E-state index is 0.619. The van der Waals surface area contributed by atoms with Gasteiger partial charge in [0.25, 0.3) is 0 Å². The quantitative estimate of drug-likeness (QED) is 0.821. The summed E-state index contributed by atoms with van der Waals surface area (Å²) >= 11 is 0. The molecule has 1 fully saturated rings. The molecule has 0 spiro atoms. The summed E-state index contributed by atoms with van der Waals surface area (Å²) in [5.41, 5.74) is 0. The van der Waals surface area contributed by atoms with Gasteiger partial charge in [0.15, 0.2) is 0 Å². The molecule has 1 saturated carbocycles. The number of furan rings is 1. The fourth-order valence-electron chi connectivity index (χ4n) is 3.34. The van der Waals surface area contributed by atoms with Crippen LogP contribution in [0, 0.1) is 17.8 Å². The zero-order valence-corrected chi connectivity index (χ0v) is 12.7. The lowest BCUT2D eigenvalue weighted by Gasteiger charge is -2.35. The van der Waals surface area contributed by atoms with Crippen LogP contribution in [0.4, 0.5) is 0 Å².